The zero-order valence-electron chi connectivity index (χ0n) is 32.3. The van der Waals surface area contributed by atoms with Gasteiger partial charge in [-0.3, -0.25) is 0 Å². The molecule has 0 atom stereocenters. The summed E-state index contributed by atoms with van der Waals surface area (Å²) in [7, 11) is 0. The van der Waals surface area contributed by atoms with Gasteiger partial charge in [-0.2, -0.15) is 0 Å². The van der Waals surface area contributed by atoms with Gasteiger partial charge in [0, 0.05) is 27.9 Å². The van der Waals surface area contributed by atoms with Gasteiger partial charge >= 0.3 is 0 Å². The Balaban J connectivity index is 1.05. The van der Waals surface area contributed by atoms with E-state index in [-0.39, 0.29) is 10.8 Å². The van der Waals surface area contributed by atoms with Gasteiger partial charge in [-0.25, -0.2) is 0 Å². The molecule has 11 rings (SSSR count). The molecule has 0 aliphatic heterocycles. The Morgan fingerprint density at radius 1 is 0.286 bits per heavy atom. The first-order valence-electron chi connectivity index (χ1n) is 19.9. The van der Waals surface area contributed by atoms with E-state index >= 15 is 0 Å². The highest BCUT2D eigenvalue weighted by Gasteiger charge is 2.53. The normalized spacial score (nSPS) is 15.6. The lowest BCUT2D eigenvalue weighted by Crippen LogP contribution is -2.40. The molecule has 1 heteroatoms. The molecule has 3 aliphatic carbocycles. The third kappa shape index (κ3) is 4.37. The molecule has 0 bridgehead atoms. The van der Waals surface area contributed by atoms with Crippen molar-refractivity contribution in [1.82, 2.24) is 0 Å². The number of benzene rings is 8. The van der Waals surface area contributed by atoms with Crippen LogP contribution in [0.15, 0.2) is 188 Å². The van der Waals surface area contributed by atoms with E-state index in [0.717, 1.165) is 11.4 Å². The van der Waals surface area contributed by atoms with Crippen LogP contribution in [0.3, 0.4) is 0 Å². The van der Waals surface area contributed by atoms with E-state index in [2.05, 4.69) is 221 Å². The van der Waals surface area contributed by atoms with Gasteiger partial charge in [0.05, 0.1) is 5.41 Å². The highest BCUT2D eigenvalue weighted by Crippen LogP contribution is 2.62. The Morgan fingerprint density at radius 3 is 1.38 bits per heavy atom. The minimum Gasteiger partial charge on any atom is -0.310 e. The Bertz CT molecular complexity index is 2810. The molecule has 0 saturated carbocycles. The van der Waals surface area contributed by atoms with Crippen LogP contribution in [0.1, 0.15) is 72.2 Å². The zero-order chi connectivity index (χ0) is 37.8. The second kappa shape index (κ2) is 11.8. The molecule has 3 aliphatic rings. The highest BCUT2D eigenvalue weighted by molar-refractivity contribution is 5.91. The summed E-state index contributed by atoms with van der Waals surface area (Å²) in [5, 5.41) is 0. The smallest absolute Gasteiger partial charge is 0.0719 e. The van der Waals surface area contributed by atoms with Crippen molar-refractivity contribution in [3.63, 3.8) is 0 Å². The van der Waals surface area contributed by atoms with Crippen LogP contribution in [0.25, 0.3) is 33.4 Å². The number of anilines is 3. The Labute approximate surface area is 330 Å². The van der Waals surface area contributed by atoms with Crippen LogP contribution >= 0.6 is 0 Å². The van der Waals surface area contributed by atoms with Crippen LogP contribution in [0.2, 0.25) is 0 Å². The third-order valence-corrected chi connectivity index (χ3v) is 13.4. The monoisotopic (exact) mass is 717 g/mol. The van der Waals surface area contributed by atoms with Crippen molar-refractivity contribution in [3.05, 3.63) is 233 Å². The first-order chi connectivity index (χ1) is 27.3. The molecule has 0 heterocycles. The summed E-state index contributed by atoms with van der Waals surface area (Å²) in [6.07, 6.45) is 0. The molecule has 0 fully saturated rings. The Morgan fingerprint density at radius 2 is 0.714 bits per heavy atom. The SMILES string of the molecule is CC1(C)c2ccccc2-c2ccc(N(c3ccccc3)c3ccc(-c4ccc5c(c4)C4(c6ccccc6-5)c5ccccc5C(C)(C)c5ccccc54)cc3)cc21. The topological polar surface area (TPSA) is 3.24 Å². The van der Waals surface area contributed by atoms with Gasteiger partial charge in [0.2, 0.25) is 0 Å². The van der Waals surface area contributed by atoms with Crippen molar-refractivity contribution in [2.45, 2.75) is 43.9 Å². The van der Waals surface area contributed by atoms with Gasteiger partial charge in [0.15, 0.2) is 0 Å². The first kappa shape index (κ1) is 32.9. The van der Waals surface area contributed by atoms with E-state index in [1.807, 2.05) is 0 Å². The van der Waals surface area contributed by atoms with Gasteiger partial charge in [-0.05, 0) is 120 Å². The summed E-state index contributed by atoms with van der Waals surface area (Å²) in [6.45, 7) is 9.48. The standard InChI is InChI=1S/C55H43N/c1-53(2)45-20-10-8-18-41(45)43-33-31-40(35-51(43)53)56(38-16-6-5-7-17-38)39-29-26-36(27-30-39)37-28-32-44-42-19-9-11-21-46(42)55(52(44)34-37)49-24-14-12-22-47(49)54(3,4)48-23-13-15-25-50(48)55/h5-35H,1-4H3. The number of hydrogen-bond donors (Lipinski definition) is 0. The molecule has 0 unspecified atom stereocenters. The average molecular weight is 718 g/mol. The lowest BCUT2D eigenvalue weighted by molar-refractivity contribution is 0.563. The van der Waals surface area contributed by atoms with Gasteiger partial charge in [0.25, 0.3) is 0 Å². The van der Waals surface area contributed by atoms with Crippen molar-refractivity contribution in [2.75, 3.05) is 4.90 Å². The van der Waals surface area contributed by atoms with E-state index in [1.54, 1.807) is 0 Å². The largest absolute Gasteiger partial charge is 0.310 e. The lowest BCUT2D eigenvalue weighted by Gasteiger charge is -2.46. The summed E-state index contributed by atoms with van der Waals surface area (Å²) >= 11 is 0. The minimum absolute atomic E-state index is 0.0755. The minimum atomic E-state index is -0.407. The van der Waals surface area contributed by atoms with Crippen LogP contribution in [0.5, 0.6) is 0 Å². The molecule has 8 aromatic carbocycles. The van der Waals surface area contributed by atoms with Crippen molar-refractivity contribution in [2.24, 2.45) is 0 Å². The van der Waals surface area contributed by atoms with Gasteiger partial charge < -0.3 is 4.90 Å². The third-order valence-electron chi connectivity index (χ3n) is 13.4. The summed E-state index contributed by atoms with van der Waals surface area (Å²) in [6, 6.07) is 70.5. The molecule has 0 saturated heterocycles. The van der Waals surface area contributed by atoms with E-state index in [1.165, 1.54) is 83.6 Å². The summed E-state index contributed by atoms with van der Waals surface area (Å²) in [5.74, 6) is 0. The van der Waals surface area contributed by atoms with E-state index in [0.29, 0.717) is 0 Å². The van der Waals surface area contributed by atoms with Crippen LogP contribution < -0.4 is 4.90 Å². The fraction of sp³-hybridized carbons (Fsp3) is 0.127. The van der Waals surface area contributed by atoms with Crippen LogP contribution in [-0.2, 0) is 16.2 Å². The van der Waals surface area contributed by atoms with Crippen molar-refractivity contribution in [3.8, 4) is 33.4 Å². The number of rotatable bonds is 4. The molecular weight excluding hydrogens is 675 g/mol. The zero-order valence-corrected chi connectivity index (χ0v) is 32.3. The summed E-state index contributed by atoms with van der Waals surface area (Å²) in [5.41, 5.74) is 21.7. The molecule has 0 amide bonds. The molecule has 268 valence electrons. The fourth-order valence-electron chi connectivity index (χ4n) is 10.7. The number of para-hydroxylation sites is 1. The number of hydrogen-bond acceptors (Lipinski definition) is 1. The van der Waals surface area contributed by atoms with E-state index < -0.39 is 5.41 Å². The average Bonchev–Trinajstić information content (AvgIpc) is 3.66. The molecular formula is C55H43N. The molecule has 0 radical (unpaired) electrons. The molecule has 1 nitrogen and oxygen atoms in total. The van der Waals surface area contributed by atoms with E-state index in [4.69, 9.17) is 0 Å². The quantitative estimate of drug-likeness (QED) is 0.175. The van der Waals surface area contributed by atoms with Gasteiger partial charge in [-0.1, -0.05) is 173 Å². The molecule has 1 spiro atoms. The predicted octanol–water partition coefficient (Wildman–Crippen LogP) is 14.1. The maximum Gasteiger partial charge on any atom is 0.0719 e. The highest BCUT2D eigenvalue weighted by atomic mass is 15.1. The predicted molar refractivity (Wildman–Crippen MR) is 234 cm³/mol. The summed E-state index contributed by atoms with van der Waals surface area (Å²) < 4.78 is 0. The number of nitrogens with zero attached hydrogens (tertiary/aromatic N) is 1. The second-order valence-corrected chi connectivity index (χ2v) is 16.9. The molecule has 0 N–H and O–H groups in total. The Kier molecular flexibility index (Phi) is 6.93. The Hall–Kier alpha value is -6.44. The van der Waals surface area contributed by atoms with Crippen LogP contribution in [-0.4, -0.2) is 0 Å². The van der Waals surface area contributed by atoms with E-state index in [9.17, 15) is 0 Å². The van der Waals surface area contributed by atoms with Crippen LogP contribution in [0, 0.1) is 0 Å². The maximum absolute atomic E-state index is 2.49. The van der Waals surface area contributed by atoms with Gasteiger partial charge in [-0.15, -0.1) is 0 Å². The lowest BCUT2D eigenvalue weighted by atomic mass is 9.55. The van der Waals surface area contributed by atoms with Crippen molar-refractivity contribution >= 4 is 17.1 Å². The molecule has 8 aromatic rings. The van der Waals surface area contributed by atoms with Crippen LogP contribution in [0.4, 0.5) is 17.1 Å². The molecule has 0 aromatic heterocycles. The summed E-state index contributed by atoms with van der Waals surface area (Å²) in [4.78, 5) is 2.40. The molecule has 56 heavy (non-hydrogen) atoms. The maximum atomic E-state index is 2.49. The fourth-order valence-corrected chi connectivity index (χ4v) is 10.7. The number of fused-ring (bicyclic) bond motifs is 12. The first-order valence-corrected chi connectivity index (χ1v) is 19.9. The van der Waals surface area contributed by atoms with Gasteiger partial charge in [0.1, 0.15) is 0 Å². The van der Waals surface area contributed by atoms with Crippen molar-refractivity contribution < 1.29 is 0 Å². The second-order valence-electron chi connectivity index (χ2n) is 16.9. The van der Waals surface area contributed by atoms with Crippen molar-refractivity contribution in [1.29, 1.82) is 0 Å².